The molecule has 0 fully saturated rings. The third-order valence-electron chi connectivity index (χ3n) is 2.48. The Morgan fingerprint density at radius 2 is 2.33 bits per heavy atom. The molecule has 0 aliphatic heterocycles. The molecule has 0 spiro atoms. The van der Waals surface area contributed by atoms with Crippen molar-refractivity contribution in [3.8, 4) is 0 Å². The molecule has 0 atom stereocenters. The highest BCUT2D eigenvalue weighted by molar-refractivity contribution is 7.09. The fourth-order valence-electron chi connectivity index (χ4n) is 1.57. The first-order valence-corrected chi connectivity index (χ1v) is 6.64. The first kappa shape index (κ1) is 12.8. The Labute approximate surface area is 109 Å². The van der Waals surface area contributed by atoms with Crippen LogP contribution in [-0.4, -0.2) is 22.4 Å². The normalized spacial score (nSPS) is 10.6. The predicted molar refractivity (Wildman–Crippen MR) is 68.7 cm³/mol. The molecule has 5 nitrogen and oxygen atoms in total. The van der Waals surface area contributed by atoms with Gasteiger partial charge < -0.3 is 9.73 Å². The van der Waals surface area contributed by atoms with Crippen LogP contribution in [0.3, 0.4) is 0 Å². The Morgan fingerprint density at radius 3 is 2.94 bits per heavy atom. The van der Waals surface area contributed by atoms with Gasteiger partial charge in [-0.3, -0.25) is 4.79 Å². The molecule has 0 aliphatic rings. The van der Waals surface area contributed by atoms with E-state index in [1.54, 1.807) is 18.3 Å². The average molecular weight is 265 g/mol. The standard InChI is InChI=1S/C12H15N3O2S/c1-8-6-18-10(15-8)4-3-5-13-12(16)11-9(2)17-7-14-11/h6-7H,3-5H2,1-2H3,(H,13,16). The number of carbonyl (C=O) groups excluding carboxylic acids is 1. The Balaban J connectivity index is 1.73. The maximum atomic E-state index is 11.7. The third kappa shape index (κ3) is 3.16. The molecule has 0 radical (unpaired) electrons. The number of aromatic nitrogens is 2. The second-order valence-corrected chi connectivity index (χ2v) is 4.94. The van der Waals surface area contributed by atoms with E-state index in [4.69, 9.17) is 4.42 Å². The number of rotatable bonds is 5. The average Bonchev–Trinajstić information content (AvgIpc) is 2.93. The first-order chi connectivity index (χ1) is 8.66. The molecule has 0 saturated carbocycles. The van der Waals surface area contributed by atoms with Gasteiger partial charge in [-0.05, 0) is 20.3 Å². The van der Waals surface area contributed by atoms with Crippen LogP contribution in [0.2, 0.25) is 0 Å². The van der Waals surface area contributed by atoms with Crippen LogP contribution < -0.4 is 5.32 Å². The Bertz CT molecular complexity index is 533. The minimum atomic E-state index is -0.184. The van der Waals surface area contributed by atoms with E-state index in [9.17, 15) is 4.79 Å². The van der Waals surface area contributed by atoms with Gasteiger partial charge in [-0.15, -0.1) is 11.3 Å². The molecule has 1 N–H and O–H groups in total. The third-order valence-corrected chi connectivity index (χ3v) is 3.51. The highest BCUT2D eigenvalue weighted by Crippen LogP contribution is 2.10. The van der Waals surface area contributed by atoms with Crippen molar-refractivity contribution in [3.63, 3.8) is 0 Å². The topological polar surface area (TPSA) is 68.0 Å². The van der Waals surface area contributed by atoms with E-state index in [-0.39, 0.29) is 5.91 Å². The van der Waals surface area contributed by atoms with Crippen molar-refractivity contribution in [2.75, 3.05) is 6.54 Å². The molecule has 18 heavy (non-hydrogen) atoms. The second kappa shape index (κ2) is 5.77. The van der Waals surface area contributed by atoms with Gasteiger partial charge in [-0.2, -0.15) is 0 Å². The van der Waals surface area contributed by atoms with Gasteiger partial charge in [0.05, 0.1) is 5.01 Å². The van der Waals surface area contributed by atoms with Crippen LogP contribution in [-0.2, 0) is 6.42 Å². The summed E-state index contributed by atoms with van der Waals surface area (Å²) in [6.45, 7) is 4.32. The molecule has 2 rings (SSSR count). The lowest BCUT2D eigenvalue weighted by Gasteiger charge is -2.02. The fraction of sp³-hybridized carbons (Fsp3) is 0.417. The number of aryl methyl sites for hydroxylation is 3. The SMILES string of the molecule is Cc1csc(CCCNC(=O)c2ncoc2C)n1. The van der Waals surface area contributed by atoms with Crippen LogP contribution in [0.4, 0.5) is 0 Å². The van der Waals surface area contributed by atoms with Gasteiger partial charge in [0.2, 0.25) is 0 Å². The molecule has 0 unspecified atom stereocenters. The number of hydrogen-bond acceptors (Lipinski definition) is 5. The lowest BCUT2D eigenvalue weighted by Crippen LogP contribution is -2.25. The number of nitrogens with one attached hydrogen (secondary N) is 1. The number of hydrogen-bond donors (Lipinski definition) is 1. The van der Waals surface area contributed by atoms with Crippen LogP contribution in [0.5, 0.6) is 0 Å². The monoisotopic (exact) mass is 265 g/mol. The summed E-state index contributed by atoms with van der Waals surface area (Å²) in [5.74, 6) is 0.361. The number of oxazole rings is 1. The van der Waals surface area contributed by atoms with Crippen molar-refractivity contribution in [1.29, 1.82) is 0 Å². The largest absolute Gasteiger partial charge is 0.448 e. The van der Waals surface area contributed by atoms with Gasteiger partial charge in [-0.1, -0.05) is 0 Å². The molecule has 2 heterocycles. The van der Waals surface area contributed by atoms with Gasteiger partial charge in [0, 0.05) is 24.0 Å². The van der Waals surface area contributed by atoms with Gasteiger partial charge in [0.15, 0.2) is 12.1 Å². The van der Waals surface area contributed by atoms with E-state index in [0.29, 0.717) is 18.0 Å². The van der Waals surface area contributed by atoms with Gasteiger partial charge in [-0.25, -0.2) is 9.97 Å². The van der Waals surface area contributed by atoms with Crippen LogP contribution in [0, 0.1) is 13.8 Å². The van der Waals surface area contributed by atoms with Crippen molar-refractivity contribution in [1.82, 2.24) is 15.3 Å². The molecule has 0 saturated heterocycles. The van der Waals surface area contributed by atoms with Gasteiger partial charge >= 0.3 is 0 Å². The highest BCUT2D eigenvalue weighted by Gasteiger charge is 2.12. The van der Waals surface area contributed by atoms with Crippen LogP contribution in [0.1, 0.15) is 33.4 Å². The molecule has 96 valence electrons. The van der Waals surface area contributed by atoms with Crippen molar-refractivity contribution in [2.45, 2.75) is 26.7 Å². The maximum absolute atomic E-state index is 11.7. The van der Waals surface area contributed by atoms with Gasteiger partial charge in [0.25, 0.3) is 5.91 Å². The lowest BCUT2D eigenvalue weighted by atomic mass is 10.3. The molecule has 2 aromatic heterocycles. The lowest BCUT2D eigenvalue weighted by molar-refractivity contribution is 0.0947. The molecule has 0 bridgehead atoms. The predicted octanol–water partition coefficient (Wildman–Crippen LogP) is 2.11. The summed E-state index contributed by atoms with van der Waals surface area (Å²) in [6.07, 6.45) is 3.04. The zero-order chi connectivity index (χ0) is 13.0. The smallest absolute Gasteiger partial charge is 0.273 e. The number of amides is 1. The van der Waals surface area contributed by atoms with E-state index >= 15 is 0 Å². The van der Waals surface area contributed by atoms with Crippen molar-refractivity contribution < 1.29 is 9.21 Å². The van der Waals surface area contributed by atoms with Crippen molar-refractivity contribution in [2.24, 2.45) is 0 Å². The molecule has 1 amide bonds. The number of thiazole rings is 1. The van der Waals surface area contributed by atoms with Gasteiger partial charge in [0.1, 0.15) is 5.76 Å². The van der Waals surface area contributed by atoms with Crippen LogP contribution in [0.25, 0.3) is 0 Å². The first-order valence-electron chi connectivity index (χ1n) is 5.76. The van der Waals surface area contributed by atoms with E-state index < -0.39 is 0 Å². The minimum Gasteiger partial charge on any atom is -0.448 e. The van der Waals surface area contributed by atoms with E-state index in [1.807, 2.05) is 12.3 Å². The molecule has 0 aromatic carbocycles. The van der Waals surface area contributed by atoms with Crippen LogP contribution in [0.15, 0.2) is 16.2 Å². The van der Waals surface area contributed by atoms with Crippen molar-refractivity contribution >= 4 is 17.2 Å². The summed E-state index contributed by atoms with van der Waals surface area (Å²) in [6, 6.07) is 0. The molecule has 2 aromatic rings. The zero-order valence-corrected chi connectivity index (χ0v) is 11.2. The van der Waals surface area contributed by atoms with Crippen molar-refractivity contribution in [3.05, 3.63) is 33.9 Å². The second-order valence-electron chi connectivity index (χ2n) is 4.00. The number of nitrogens with zero attached hydrogens (tertiary/aromatic N) is 2. The summed E-state index contributed by atoms with van der Waals surface area (Å²) >= 11 is 1.66. The number of carbonyl (C=O) groups is 1. The van der Waals surface area contributed by atoms with E-state index in [2.05, 4.69) is 15.3 Å². The van der Waals surface area contributed by atoms with E-state index in [0.717, 1.165) is 23.5 Å². The highest BCUT2D eigenvalue weighted by atomic mass is 32.1. The summed E-state index contributed by atoms with van der Waals surface area (Å²) in [5.41, 5.74) is 1.41. The zero-order valence-electron chi connectivity index (χ0n) is 10.4. The summed E-state index contributed by atoms with van der Waals surface area (Å²) < 4.78 is 4.98. The quantitative estimate of drug-likeness (QED) is 0.841. The molecule has 0 aliphatic carbocycles. The Kier molecular flexibility index (Phi) is 4.09. The summed E-state index contributed by atoms with van der Waals surface area (Å²) in [7, 11) is 0. The molecular formula is C12H15N3O2S. The minimum absolute atomic E-state index is 0.184. The molecule has 6 heteroatoms. The van der Waals surface area contributed by atoms with Crippen LogP contribution >= 0.6 is 11.3 Å². The molecular weight excluding hydrogens is 250 g/mol. The fourth-order valence-corrected chi connectivity index (χ4v) is 2.38. The van der Waals surface area contributed by atoms with E-state index in [1.165, 1.54) is 6.39 Å². The maximum Gasteiger partial charge on any atom is 0.273 e. The Hall–Kier alpha value is -1.69. The summed E-state index contributed by atoms with van der Waals surface area (Å²) in [4.78, 5) is 19.9. The summed E-state index contributed by atoms with van der Waals surface area (Å²) in [5, 5.41) is 5.96. The Morgan fingerprint density at radius 1 is 1.50 bits per heavy atom.